The van der Waals surface area contributed by atoms with E-state index in [0.717, 1.165) is 35.1 Å². The lowest BCUT2D eigenvalue weighted by Crippen LogP contribution is -2.48. The zero-order chi connectivity index (χ0) is 37.2. The second kappa shape index (κ2) is 15.1. The summed E-state index contributed by atoms with van der Waals surface area (Å²) in [5.74, 6) is 22.2. The molecule has 2 atom stereocenters. The Morgan fingerprint density at radius 3 is 1.02 bits per heavy atom. The maximum Gasteiger partial charge on any atom is 0.146 e. The van der Waals surface area contributed by atoms with Gasteiger partial charge in [-0.1, -0.05) is 174 Å². The molecular formula is C49H60Si2. The molecule has 2 aromatic rings. The molecule has 1 fully saturated rings. The third kappa shape index (κ3) is 6.50. The van der Waals surface area contributed by atoms with Gasteiger partial charge in [-0.15, -0.1) is 11.1 Å². The van der Waals surface area contributed by atoms with Crippen molar-refractivity contribution in [2.75, 3.05) is 0 Å². The van der Waals surface area contributed by atoms with E-state index in [1.54, 1.807) is 0 Å². The van der Waals surface area contributed by atoms with Crippen molar-refractivity contribution in [2.24, 2.45) is 10.8 Å². The third-order valence-corrected chi connectivity index (χ3v) is 25.6. The quantitative estimate of drug-likeness (QED) is 0.207. The van der Waals surface area contributed by atoms with E-state index in [1.807, 2.05) is 0 Å². The lowest BCUT2D eigenvalue weighted by Gasteiger charge is -2.54. The lowest BCUT2D eigenvalue weighted by atomic mass is 9.47. The first kappa shape index (κ1) is 38.6. The first-order valence-electron chi connectivity index (χ1n) is 19.6. The van der Waals surface area contributed by atoms with Crippen LogP contribution in [0.15, 0.2) is 84.0 Å². The highest BCUT2D eigenvalue weighted by atomic mass is 28.3. The average molecular weight is 705 g/mol. The molecule has 0 bridgehead atoms. The summed E-state index contributed by atoms with van der Waals surface area (Å²) in [7, 11) is -3.74. The van der Waals surface area contributed by atoms with E-state index < -0.39 is 16.1 Å². The van der Waals surface area contributed by atoms with Crippen LogP contribution in [0.25, 0.3) is 0 Å². The second-order valence-electron chi connectivity index (χ2n) is 17.1. The minimum absolute atomic E-state index is 0.0648. The Hall–Kier alpha value is -3.67. The van der Waals surface area contributed by atoms with Crippen LogP contribution in [0.3, 0.4) is 0 Å². The van der Waals surface area contributed by atoms with Crippen molar-refractivity contribution in [3.8, 4) is 46.6 Å². The SMILES string of the molecule is CC(C)[Si](C#Cc1ccccc1C#CC1=C(C#Cc2ccccc2C#C[Si](C(C)C)(C(C)C)C(C)C)[C@]23C=CC=C[C@]12CCC3)(C(C)C)C(C)C. The average Bonchev–Trinajstić information content (AvgIpc) is 3.42. The predicted octanol–water partition coefficient (Wildman–Crippen LogP) is 12.8. The van der Waals surface area contributed by atoms with Crippen molar-refractivity contribution < 1.29 is 0 Å². The molecule has 0 nitrogen and oxygen atoms in total. The van der Waals surface area contributed by atoms with E-state index in [1.165, 1.54) is 17.6 Å². The van der Waals surface area contributed by atoms with Gasteiger partial charge >= 0.3 is 0 Å². The molecule has 5 rings (SSSR count). The van der Waals surface area contributed by atoms with Crippen molar-refractivity contribution >= 4 is 16.1 Å². The number of benzene rings is 2. The van der Waals surface area contributed by atoms with Gasteiger partial charge in [-0.2, -0.15) is 0 Å². The molecule has 0 amide bonds. The van der Waals surface area contributed by atoms with Crippen LogP contribution in [0.1, 0.15) is 125 Å². The third-order valence-electron chi connectivity index (χ3n) is 13.0. The van der Waals surface area contributed by atoms with Gasteiger partial charge in [-0.25, -0.2) is 0 Å². The normalized spacial score (nSPS) is 20.7. The van der Waals surface area contributed by atoms with E-state index in [9.17, 15) is 0 Å². The summed E-state index contributed by atoms with van der Waals surface area (Å²) in [6.07, 6.45) is 12.7. The highest BCUT2D eigenvalue weighted by Gasteiger charge is 2.64. The van der Waals surface area contributed by atoms with Crippen molar-refractivity contribution in [1.29, 1.82) is 0 Å². The zero-order valence-corrected chi connectivity index (χ0v) is 35.5. The first-order chi connectivity index (χ1) is 24.2. The Balaban J connectivity index is 1.62. The zero-order valence-electron chi connectivity index (χ0n) is 33.5. The van der Waals surface area contributed by atoms with Gasteiger partial charge < -0.3 is 0 Å². The van der Waals surface area contributed by atoms with Crippen LogP contribution in [0.2, 0.25) is 33.2 Å². The Bertz CT molecular complexity index is 1790. The van der Waals surface area contributed by atoms with E-state index in [-0.39, 0.29) is 10.8 Å². The molecule has 2 aromatic carbocycles. The standard InChI is InChI=1S/C49H60Si2/c1-36(2)50(37(3)4,38(5)6)34-28-44-22-15-13-20-42(44)24-26-46-47(49-31-18-17-30-48(46,49)32-19-33-49)27-25-43-21-14-16-23-45(43)29-35-51(39(7)8,40(9)10)41(11)12/h13-18,20-23,30-31,36-41H,19,32-33H2,1-12H3/t48-,49+. The van der Waals surface area contributed by atoms with Gasteiger partial charge in [-0.05, 0) is 70.4 Å². The van der Waals surface area contributed by atoms with Crippen LogP contribution < -0.4 is 0 Å². The summed E-state index contributed by atoms with van der Waals surface area (Å²) in [5.41, 5.74) is 17.8. The second-order valence-corrected chi connectivity index (χ2v) is 28.3. The fourth-order valence-corrected chi connectivity index (χ4v) is 20.9. The fraction of sp³-hybridized carbons (Fsp3) is 0.469. The maximum absolute atomic E-state index is 3.93. The van der Waals surface area contributed by atoms with Crippen molar-refractivity contribution in [2.45, 2.75) is 136 Å². The molecule has 0 radical (unpaired) electrons. The van der Waals surface area contributed by atoms with Gasteiger partial charge in [0.1, 0.15) is 16.1 Å². The molecule has 3 aliphatic carbocycles. The van der Waals surface area contributed by atoms with E-state index in [2.05, 4.69) is 203 Å². The van der Waals surface area contributed by atoms with E-state index in [0.29, 0.717) is 33.2 Å². The smallest absolute Gasteiger partial charge is 0.125 e. The van der Waals surface area contributed by atoms with Crippen LogP contribution in [-0.4, -0.2) is 16.1 Å². The summed E-state index contributed by atoms with van der Waals surface area (Å²) >= 11 is 0. The first-order valence-corrected chi connectivity index (χ1v) is 24.1. The topological polar surface area (TPSA) is 0 Å². The molecular weight excluding hydrogens is 645 g/mol. The number of rotatable bonds is 6. The van der Waals surface area contributed by atoms with Crippen molar-refractivity contribution in [3.63, 3.8) is 0 Å². The molecule has 0 saturated heterocycles. The van der Waals surface area contributed by atoms with Crippen LogP contribution in [-0.2, 0) is 0 Å². The van der Waals surface area contributed by atoms with Gasteiger partial charge in [-0.3, -0.25) is 0 Å². The Labute approximate surface area is 314 Å². The number of allylic oxidation sites excluding steroid dienone is 6. The minimum Gasteiger partial charge on any atom is -0.125 e. The summed E-state index contributed by atoms with van der Waals surface area (Å²) in [6.45, 7) is 28.5. The summed E-state index contributed by atoms with van der Waals surface area (Å²) in [6, 6.07) is 17.0. The molecule has 1 saturated carbocycles. The van der Waals surface area contributed by atoms with E-state index >= 15 is 0 Å². The van der Waals surface area contributed by atoms with Gasteiger partial charge in [0.15, 0.2) is 0 Å². The largest absolute Gasteiger partial charge is 0.146 e. The maximum atomic E-state index is 3.93. The lowest BCUT2D eigenvalue weighted by molar-refractivity contribution is 0.232. The van der Waals surface area contributed by atoms with Crippen molar-refractivity contribution in [1.82, 2.24) is 0 Å². The number of hydrogen-bond donors (Lipinski definition) is 0. The monoisotopic (exact) mass is 704 g/mol. The molecule has 3 aliphatic rings. The predicted molar refractivity (Wildman–Crippen MR) is 227 cm³/mol. The minimum atomic E-state index is -1.87. The van der Waals surface area contributed by atoms with Crippen LogP contribution in [0, 0.1) is 57.4 Å². The Morgan fingerprint density at radius 2 is 0.725 bits per heavy atom. The van der Waals surface area contributed by atoms with Gasteiger partial charge in [0.2, 0.25) is 0 Å². The van der Waals surface area contributed by atoms with Gasteiger partial charge in [0.05, 0.1) is 0 Å². The molecule has 0 heterocycles. The molecule has 0 aromatic heterocycles. The van der Waals surface area contributed by atoms with Gasteiger partial charge in [0, 0.05) is 44.2 Å². The van der Waals surface area contributed by atoms with Gasteiger partial charge in [0.25, 0.3) is 0 Å². The summed E-state index contributed by atoms with van der Waals surface area (Å²) in [5, 5.41) is 0. The van der Waals surface area contributed by atoms with Crippen LogP contribution in [0.4, 0.5) is 0 Å². The molecule has 2 heteroatoms. The summed E-state index contributed by atoms with van der Waals surface area (Å²) in [4.78, 5) is 0. The fourth-order valence-electron chi connectivity index (χ4n) is 10.5. The Kier molecular flexibility index (Phi) is 11.4. The highest BCUT2D eigenvalue weighted by Crippen LogP contribution is 2.71. The number of hydrogen-bond acceptors (Lipinski definition) is 0. The molecule has 0 N–H and O–H groups in total. The molecule has 51 heavy (non-hydrogen) atoms. The molecule has 0 aliphatic heterocycles. The van der Waals surface area contributed by atoms with Crippen LogP contribution in [0.5, 0.6) is 0 Å². The summed E-state index contributed by atoms with van der Waals surface area (Å²) < 4.78 is 0. The highest BCUT2D eigenvalue weighted by molar-refractivity contribution is 6.91. The van der Waals surface area contributed by atoms with E-state index in [4.69, 9.17) is 0 Å². The molecule has 264 valence electrons. The van der Waals surface area contributed by atoms with Crippen molar-refractivity contribution in [3.05, 3.63) is 106 Å². The van der Waals surface area contributed by atoms with Crippen LogP contribution >= 0.6 is 0 Å². The molecule has 0 unspecified atom stereocenters. The Morgan fingerprint density at radius 1 is 0.431 bits per heavy atom. The molecule has 0 spiro atoms.